The molecule has 0 heterocycles. The summed E-state index contributed by atoms with van der Waals surface area (Å²) in [5, 5.41) is 3.66. The lowest BCUT2D eigenvalue weighted by Crippen LogP contribution is -2.23. The molecule has 22 heavy (non-hydrogen) atoms. The second kappa shape index (κ2) is 7.27. The average Bonchev–Trinajstić information content (AvgIpc) is 2.46. The number of benzene rings is 2. The van der Waals surface area contributed by atoms with Gasteiger partial charge in [0.25, 0.3) is 0 Å². The van der Waals surface area contributed by atoms with E-state index in [1.54, 1.807) is 24.9 Å². The first-order chi connectivity index (χ1) is 10.5. The molecule has 0 aliphatic rings. The molecule has 0 aliphatic heterocycles. The molecule has 0 atom stereocenters. The number of nitrogens with one attached hydrogen (secondary N) is 1. The van der Waals surface area contributed by atoms with E-state index in [9.17, 15) is 9.18 Å². The van der Waals surface area contributed by atoms with Gasteiger partial charge in [0.15, 0.2) is 0 Å². The Bertz CT molecular complexity index is 675. The highest BCUT2D eigenvalue weighted by molar-refractivity contribution is 6.31. The second-order valence-corrected chi connectivity index (χ2v) is 5.57. The third-order valence-electron chi connectivity index (χ3n) is 3.38. The predicted molar refractivity (Wildman–Crippen MR) is 87.3 cm³/mol. The SMILES string of the molecule is CC(=O)N(C)Cc1cccc(NCc2ccc(F)cc2Cl)c1. The fraction of sp³-hybridized carbons (Fsp3) is 0.235. The van der Waals surface area contributed by atoms with Gasteiger partial charge in [0, 0.05) is 37.8 Å². The number of hydrogen-bond donors (Lipinski definition) is 1. The van der Waals surface area contributed by atoms with Crippen LogP contribution in [0.4, 0.5) is 10.1 Å². The summed E-state index contributed by atoms with van der Waals surface area (Å²) in [6, 6.07) is 12.2. The summed E-state index contributed by atoms with van der Waals surface area (Å²) in [4.78, 5) is 12.9. The maximum absolute atomic E-state index is 13.0. The van der Waals surface area contributed by atoms with Crippen LogP contribution in [-0.4, -0.2) is 17.9 Å². The lowest BCUT2D eigenvalue weighted by Gasteiger charge is -2.16. The van der Waals surface area contributed by atoms with Crippen molar-refractivity contribution in [2.24, 2.45) is 0 Å². The van der Waals surface area contributed by atoms with Crippen molar-refractivity contribution in [3.63, 3.8) is 0 Å². The van der Waals surface area contributed by atoms with E-state index in [4.69, 9.17) is 11.6 Å². The second-order valence-electron chi connectivity index (χ2n) is 5.16. The van der Waals surface area contributed by atoms with Gasteiger partial charge in [-0.1, -0.05) is 29.8 Å². The first kappa shape index (κ1) is 16.3. The Morgan fingerprint density at radius 3 is 2.73 bits per heavy atom. The molecule has 0 aromatic heterocycles. The molecule has 0 bridgehead atoms. The molecule has 1 N–H and O–H groups in total. The summed E-state index contributed by atoms with van der Waals surface area (Å²) >= 11 is 6.01. The summed E-state index contributed by atoms with van der Waals surface area (Å²) in [5.74, 6) is -0.320. The fourth-order valence-electron chi connectivity index (χ4n) is 2.03. The van der Waals surface area contributed by atoms with Crippen LogP contribution in [0.15, 0.2) is 42.5 Å². The Balaban J connectivity index is 2.02. The molecule has 0 radical (unpaired) electrons. The van der Waals surface area contributed by atoms with Gasteiger partial charge in [0.2, 0.25) is 5.91 Å². The first-order valence-corrected chi connectivity index (χ1v) is 7.32. The third kappa shape index (κ3) is 4.46. The molecule has 2 aromatic carbocycles. The molecule has 0 aliphatic carbocycles. The van der Waals surface area contributed by atoms with Gasteiger partial charge in [-0.2, -0.15) is 0 Å². The molecular weight excluding hydrogens is 303 g/mol. The number of amides is 1. The quantitative estimate of drug-likeness (QED) is 0.900. The zero-order valence-electron chi connectivity index (χ0n) is 12.6. The topological polar surface area (TPSA) is 32.3 Å². The standard InChI is InChI=1S/C17H18ClFN2O/c1-12(22)21(2)11-13-4-3-5-16(8-13)20-10-14-6-7-15(19)9-17(14)18/h3-9,20H,10-11H2,1-2H3. The van der Waals surface area contributed by atoms with Crippen LogP contribution in [0.1, 0.15) is 18.1 Å². The fourth-order valence-corrected chi connectivity index (χ4v) is 2.26. The van der Waals surface area contributed by atoms with E-state index in [1.807, 2.05) is 24.3 Å². The molecule has 2 rings (SSSR count). The van der Waals surface area contributed by atoms with E-state index in [2.05, 4.69) is 5.32 Å². The van der Waals surface area contributed by atoms with Gasteiger partial charge in [0.1, 0.15) is 5.82 Å². The zero-order valence-corrected chi connectivity index (χ0v) is 13.3. The molecule has 0 fully saturated rings. The van der Waals surface area contributed by atoms with Crippen molar-refractivity contribution < 1.29 is 9.18 Å². The molecule has 1 amide bonds. The maximum Gasteiger partial charge on any atom is 0.219 e. The summed E-state index contributed by atoms with van der Waals surface area (Å²) in [6.45, 7) is 2.60. The van der Waals surface area contributed by atoms with Crippen LogP contribution in [0, 0.1) is 5.82 Å². The molecule has 2 aromatic rings. The molecule has 0 spiro atoms. The predicted octanol–water partition coefficient (Wildman–Crippen LogP) is 4.07. The number of rotatable bonds is 5. The maximum atomic E-state index is 13.0. The van der Waals surface area contributed by atoms with Crippen LogP contribution in [0.3, 0.4) is 0 Å². The van der Waals surface area contributed by atoms with Gasteiger partial charge >= 0.3 is 0 Å². The van der Waals surface area contributed by atoms with Crippen LogP contribution in [-0.2, 0) is 17.9 Å². The molecule has 116 valence electrons. The van der Waals surface area contributed by atoms with Gasteiger partial charge in [-0.15, -0.1) is 0 Å². The van der Waals surface area contributed by atoms with E-state index < -0.39 is 0 Å². The highest BCUT2D eigenvalue weighted by Gasteiger charge is 2.05. The smallest absolute Gasteiger partial charge is 0.219 e. The Labute approximate surface area is 134 Å². The molecule has 3 nitrogen and oxygen atoms in total. The normalized spacial score (nSPS) is 10.4. The van der Waals surface area contributed by atoms with Gasteiger partial charge in [0.05, 0.1) is 0 Å². The van der Waals surface area contributed by atoms with Crippen LogP contribution < -0.4 is 5.32 Å². The van der Waals surface area contributed by atoms with Gasteiger partial charge in [-0.25, -0.2) is 4.39 Å². The highest BCUT2D eigenvalue weighted by atomic mass is 35.5. The van der Waals surface area contributed by atoms with Gasteiger partial charge in [-0.3, -0.25) is 4.79 Å². The number of halogens is 2. The van der Waals surface area contributed by atoms with Crippen LogP contribution in [0.5, 0.6) is 0 Å². The average molecular weight is 321 g/mol. The minimum Gasteiger partial charge on any atom is -0.381 e. The molecule has 0 saturated carbocycles. The van der Waals surface area contributed by atoms with Crippen LogP contribution in [0.25, 0.3) is 0 Å². The van der Waals surface area contributed by atoms with Crippen LogP contribution in [0.2, 0.25) is 5.02 Å². The summed E-state index contributed by atoms with van der Waals surface area (Å²) in [6.07, 6.45) is 0. The van der Waals surface area contributed by atoms with E-state index in [0.717, 1.165) is 16.8 Å². The van der Waals surface area contributed by atoms with E-state index in [0.29, 0.717) is 18.1 Å². The van der Waals surface area contributed by atoms with Crippen molar-refractivity contribution in [1.29, 1.82) is 0 Å². The lowest BCUT2D eigenvalue weighted by atomic mass is 10.1. The Morgan fingerprint density at radius 2 is 2.05 bits per heavy atom. The monoisotopic (exact) mass is 320 g/mol. The van der Waals surface area contributed by atoms with E-state index >= 15 is 0 Å². The van der Waals surface area contributed by atoms with Crippen molar-refractivity contribution >= 4 is 23.2 Å². The van der Waals surface area contributed by atoms with E-state index in [1.165, 1.54) is 12.1 Å². The Hall–Kier alpha value is -2.07. The van der Waals surface area contributed by atoms with Crippen molar-refractivity contribution in [2.75, 3.05) is 12.4 Å². The first-order valence-electron chi connectivity index (χ1n) is 6.94. The Kier molecular flexibility index (Phi) is 5.39. The molecule has 0 saturated heterocycles. The van der Waals surface area contributed by atoms with Crippen molar-refractivity contribution in [1.82, 2.24) is 4.90 Å². The zero-order chi connectivity index (χ0) is 16.1. The van der Waals surface area contributed by atoms with Gasteiger partial charge in [-0.05, 0) is 35.4 Å². The minimum absolute atomic E-state index is 0.0245. The highest BCUT2D eigenvalue weighted by Crippen LogP contribution is 2.19. The van der Waals surface area contributed by atoms with Gasteiger partial charge < -0.3 is 10.2 Å². The molecule has 5 heteroatoms. The largest absolute Gasteiger partial charge is 0.381 e. The lowest BCUT2D eigenvalue weighted by molar-refractivity contribution is -0.128. The Morgan fingerprint density at radius 1 is 1.27 bits per heavy atom. The number of nitrogens with zero attached hydrogens (tertiary/aromatic N) is 1. The summed E-state index contributed by atoms with van der Waals surface area (Å²) in [7, 11) is 1.76. The van der Waals surface area contributed by atoms with Crippen molar-refractivity contribution in [3.05, 3.63) is 64.4 Å². The minimum atomic E-state index is -0.344. The summed E-state index contributed by atoms with van der Waals surface area (Å²) < 4.78 is 13.0. The number of hydrogen-bond acceptors (Lipinski definition) is 2. The van der Waals surface area contributed by atoms with E-state index in [-0.39, 0.29) is 11.7 Å². The number of anilines is 1. The van der Waals surface area contributed by atoms with Crippen molar-refractivity contribution in [2.45, 2.75) is 20.0 Å². The number of carbonyl (C=O) groups excluding carboxylic acids is 1. The molecule has 0 unspecified atom stereocenters. The molecular formula is C17H18ClFN2O. The third-order valence-corrected chi connectivity index (χ3v) is 3.73. The number of carbonyl (C=O) groups is 1. The summed E-state index contributed by atoms with van der Waals surface area (Å²) in [5.41, 5.74) is 2.79. The van der Waals surface area contributed by atoms with Crippen LogP contribution >= 0.6 is 11.6 Å². The van der Waals surface area contributed by atoms with Crippen molar-refractivity contribution in [3.8, 4) is 0 Å².